The summed E-state index contributed by atoms with van der Waals surface area (Å²) >= 11 is 1.39. The van der Waals surface area contributed by atoms with Crippen molar-refractivity contribution in [2.45, 2.75) is 44.9 Å². The van der Waals surface area contributed by atoms with Crippen molar-refractivity contribution >= 4 is 29.5 Å². The van der Waals surface area contributed by atoms with E-state index in [0.717, 1.165) is 16.2 Å². The average molecular weight is 376 g/mol. The first-order valence-electron chi connectivity index (χ1n) is 8.28. The van der Waals surface area contributed by atoms with E-state index in [4.69, 9.17) is 9.26 Å². The molecule has 1 heterocycles. The summed E-state index contributed by atoms with van der Waals surface area (Å²) in [6, 6.07) is 7.70. The number of thioether (sulfide) groups is 1. The quantitative estimate of drug-likeness (QED) is 0.609. The van der Waals surface area contributed by atoms with Crippen LogP contribution >= 0.6 is 11.8 Å². The molecule has 6 nitrogen and oxygen atoms in total. The van der Waals surface area contributed by atoms with Crippen molar-refractivity contribution in [2.24, 2.45) is 0 Å². The van der Waals surface area contributed by atoms with Gasteiger partial charge in [-0.25, -0.2) is 0 Å². The molecule has 26 heavy (non-hydrogen) atoms. The van der Waals surface area contributed by atoms with Gasteiger partial charge in [-0.05, 0) is 25.5 Å². The van der Waals surface area contributed by atoms with Crippen LogP contribution in [0.4, 0.5) is 5.88 Å². The van der Waals surface area contributed by atoms with Gasteiger partial charge in [-0.15, -0.1) is 11.8 Å². The van der Waals surface area contributed by atoms with Crippen LogP contribution in [0.3, 0.4) is 0 Å². The van der Waals surface area contributed by atoms with E-state index in [-0.39, 0.29) is 23.7 Å². The van der Waals surface area contributed by atoms with E-state index in [1.54, 1.807) is 6.07 Å². The molecule has 2 rings (SSSR count). The Morgan fingerprint density at radius 2 is 1.96 bits per heavy atom. The molecular weight excluding hydrogens is 352 g/mol. The SMILES string of the molecule is Cc1ccc(SCC(=O)OCC(=O)Nc2cc(C(C)(C)C)no2)c(C)c1. The van der Waals surface area contributed by atoms with Crippen LogP contribution in [0.25, 0.3) is 0 Å². The molecule has 0 saturated carbocycles. The summed E-state index contributed by atoms with van der Waals surface area (Å²) in [6.07, 6.45) is 0. The summed E-state index contributed by atoms with van der Waals surface area (Å²) in [7, 11) is 0. The minimum absolute atomic E-state index is 0.146. The summed E-state index contributed by atoms with van der Waals surface area (Å²) < 4.78 is 10.1. The fourth-order valence-corrected chi connectivity index (χ4v) is 2.95. The van der Waals surface area contributed by atoms with Gasteiger partial charge in [0.15, 0.2) is 6.61 Å². The van der Waals surface area contributed by atoms with Crippen LogP contribution in [0.5, 0.6) is 0 Å². The topological polar surface area (TPSA) is 81.4 Å². The largest absolute Gasteiger partial charge is 0.455 e. The zero-order valence-corrected chi connectivity index (χ0v) is 16.5. The highest BCUT2D eigenvalue weighted by atomic mass is 32.2. The molecule has 1 N–H and O–H groups in total. The first kappa shape index (κ1) is 20.0. The summed E-state index contributed by atoms with van der Waals surface area (Å²) in [5.41, 5.74) is 2.84. The first-order chi connectivity index (χ1) is 12.1. The fraction of sp³-hybridized carbons (Fsp3) is 0.421. The van der Waals surface area contributed by atoms with E-state index < -0.39 is 11.9 Å². The molecule has 0 aliphatic rings. The molecule has 1 aromatic carbocycles. The minimum Gasteiger partial charge on any atom is -0.455 e. The minimum atomic E-state index is -0.466. The zero-order valence-electron chi connectivity index (χ0n) is 15.7. The van der Waals surface area contributed by atoms with Gasteiger partial charge in [0.1, 0.15) is 0 Å². The van der Waals surface area contributed by atoms with Gasteiger partial charge in [0.05, 0.1) is 11.4 Å². The molecule has 0 spiro atoms. The third-order valence-electron chi connectivity index (χ3n) is 3.58. The Kier molecular flexibility index (Phi) is 6.47. The van der Waals surface area contributed by atoms with E-state index in [1.165, 1.54) is 17.3 Å². The molecular formula is C19H24N2O4S. The molecule has 0 aliphatic carbocycles. The number of benzene rings is 1. The molecule has 2 aromatic rings. The first-order valence-corrected chi connectivity index (χ1v) is 9.26. The predicted octanol–water partition coefficient (Wildman–Crippen LogP) is 3.86. The van der Waals surface area contributed by atoms with Crippen molar-refractivity contribution in [3.05, 3.63) is 41.1 Å². The van der Waals surface area contributed by atoms with Crippen LogP contribution in [0.15, 0.2) is 33.7 Å². The molecule has 0 fully saturated rings. The predicted molar refractivity (Wildman–Crippen MR) is 101 cm³/mol. The van der Waals surface area contributed by atoms with Gasteiger partial charge in [-0.1, -0.05) is 43.6 Å². The van der Waals surface area contributed by atoms with Crippen molar-refractivity contribution in [3.63, 3.8) is 0 Å². The van der Waals surface area contributed by atoms with Crippen molar-refractivity contribution in [1.29, 1.82) is 0 Å². The Morgan fingerprint density at radius 1 is 1.23 bits per heavy atom. The number of ether oxygens (including phenoxy) is 1. The Labute approximate surface area is 157 Å². The third kappa shape index (κ3) is 5.91. The number of hydrogen-bond acceptors (Lipinski definition) is 6. The van der Waals surface area contributed by atoms with E-state index in [0.29, 0.717) is 0 Å². The highest BCUT2D eigenvalue weighted by Gasteiger charge is 2.20. The number of aromatic nitrogens is 1. The molecule has 1 amide bonds. The van der Waals surface area contributed by atoms with Gasteiger partial charge in [0.2, 0.25) is 5.88 Å². The lowest BCUT2D eigenvalue weighted by Crippen LogP contribution is -2.21. The van der Waals surface area contributed by atoms with E-state index in [9.17, 15) is 9.59 Å². The Balaban J connectivity index is 1.76. The van der Waals surface area contributed by atoms with Crippen molar-refractivity contribution in [2.75, 3.05) is 17.7 Å². The van der Waals surface area contributed by atoms with Crippen LogP contribution in [-0.2, 0) is 19.7 Å². The standard InChI is InChI=1S/C19H24N2O4S/c1-12-6-7-14(13(2)8-12)26-11-18(23)24-10-16(22)20-17-9-15(21-25-17)19(3,4)5/h6-9H,10-11H2,1-5H3,(H,20,22). The smallest absolute Gasteiger partial charge is 0.316 e. The van der Waals surface area contributed by atoms with Crippen LogP contribution in [0.1, 0.15) is 37.6 Å². The second-order valence-electron chi connectivity index (χ2n) is 7.09. The maximum Gasteiger partial charge on any atom is 0.316 e. The number of carbonyl (C=O) groups excluding carboxylic acids is 2. The van der Waals surface area contributed by atoms with Gasteiger partial charge < -0.3 is 9.26 Å². The number of nitrogens with one attached hydrogen (secondary N) is 1. The van der Waals surface area contributed by atoms with E-state index >= 15 is 0 Å². The highest BCUT2D eigenvalue weighted by molar-refractivity contribution is 8.00. The van der Waals surface area contributed by atoms with Crippen LogP contribution < -0.4 is 5.32 Å². The maximum absolute atomic E-state index is 11.9. The molecule has 1 aromatic heterocycles. The van der Waals surface area contributed by atoms with Crippen LogP contribution in [-0.4, -0.2) is 29.4 Å². The summed E-state index contributed by atoms with van der Waals surface area (Å²) in [5.74, 6) is -0.529. The number of nitrogens with zero attached hydrogens (tertiary/aromatic N) is 1. The van der Waals surface area contributed by atoms with Crippen LogP contribution in [0.2, 0.25) is 0 Å². The number of anilines is 1. The number of amides is 1. The van der Waals surface area contributed by atoms with Crippen molar-refractivity contribution in [3.8, 4) is 0 Å². The fourth-order valence-electron chi connectivity index (χ4n) is 2.15. The summed E-state index contributed by atoms with van der Waals surface area (Å²) in [4.78, 5) is 24.7. The molecule has 0 bridgehead atoms. The lowest BCUT2D eigenvalue weighted by molar-refractivity contribution is -0.144. The zero-order chi connectivity index (χ0) is 19.3. The number of esters is 1. The van der Waals surface area contributed by atoms with Crippen molar-refractivity contribution in [1.82, 2.24) is 5.16 Å². The summed E-state index contributed by atoms with van der Waals surface area (Å²) in [5, 5.41) is 6.44. The molecule has 0 aliphatic heterocycles. The second kappa shape index (κ2) is 8.40. The van der Waals surface area contributed by atoms with Gasteiger partial charge in [-0.2, -0.15) is 0 Å². The highest BCUT2D eigenvalue weighted by Crippen LogP contribution is 2.24. The average Bonchev–Trinajstić information content (AvgIpc) is 3.01. The van der Waals surface area contributed by atoms with Gasteiger partial charge >= 0.3 is 5.97 Å². The number of rotatable bonds is 6. The van der Waals surface area contributed by atoms with Crippen molar-refractivity contribution < 1.29 is 18.8 Å². The van der Waals surface area contributed by atoms with Crippen LogP contribution in [0, 0.1) is 13.8 Å². The van der Waals surface area contributed by atoms with E-state index in [1.807, 2.05) is 46.8 Å². The van der Waals surface area contributed by atoms with Gasteiger partial charge in [0.25, 0.3) is 5.91 Å². The molecule has 0 unspecified atom stereocenters. The maximum atomic E-state index is 11.9. The number of hydrogen-bond donors (Lipinski definition) is 1. The summed E-state index contributed by atoms with van der Waals surface area (Å²) in [6.45, 7) is 9.63. The van der Waals surface area contributed by atoms with Gasteiger partial charge in [-0.3, -0.25) is 14.9 Å². The molecule has 0 saturated heterocycles. The molecule has 7 heteroatoms. The number of aryl methyl sites for hydroxylation is 2. The lowest BCUT2D eigenvalue weighted by Gasteiger charge is -2.12. The number of carbonyl (C=O) groups is 2. The van der Waals surface area contributed by atoms with E-state index in [2.05, 4.69) is 16.5 Å². The monoisotopic (exact) mass is 376 g/mol. The molecule has 0 radical (unpaired) electrons. The van der Waals surface area contributed by atoms with Gasteiger partial charge in [0, 0.05) is 16.4 Å². The normalized spacial score (nSPS) is 11.3. The molecule has 140 valence electrons. The molecule has 0 atom stereocenters. The Hall–Kier alpha value is -2.28. The Bertz CT molecular complexity index is 793. The Morgan fingerprint density at radius 3 is 2.58 bits per heavy atom. The second-order valence-corrected chi connectivity index (χ2v) is 8.11. The lowest BCUT2D eigenvalue weighted by atomic mass is 9.92. The third-order valence-corrected chi connectivity index (χ3v) is 4.73.